The number of fused-ring (bicyclic) bond motifs is 1. The molecular formula is C15H18N2O3. The van der Waals surface area contributed by atoms with Crippen LogP contribution in [0.25, 0.3) is 10.9 Å². The van der Waals surface area contributed by atoms with Crippen LogP contribution in [0.5, 0.6) is 0 Å². The molecule has 3 rings (SSSR count). The Balaban J connectivity index is 1.84. The highest BCUT2D eigenvalue weighted by molar-refractivity contribution is 5.97. The van der Waals surface area contributed by atoms with Gasteiger partial charge >= 0.3 is 0 Å². The van der Waals surface area contributed by atoms with Crippen LogP contribution in [0.15, 0.2) is 30.5 Å². The second-order valence-corrected chi connectivity index (χ2v) is 5.00. The second-order valence-electron chi connectivity index (χ2n) is 5.00. The number of para-hydroxylation sites is 1. The lowest BCUT2D eigenvalue weighted by Gasteiger charge is -2.31. The SMILES string of the molecule is O=Cc1cn(CC(O)N2CCOCC2)c2ccccc12. The van der Waals surface area contributed by atoms with Gasteiger partial charge in [-0.25, -0.2) is 0 Å². The summed E-state index contributed by atoms with van der Waals surface area (Å²) in [5, 5.41) is 11.3. The standard InChI is InChI=1S/C15H18N2O3/c18-11-12-9-17(14-4-2-1-3-13(12)14)10-15(19)16-5-7-20-8-6-16/h1-4,9,11,15,19H,5-8,10H2. The first-order chi connectivity index (χ1) is 9.79. The van der Waals surface area contributed by atoms with Crippen molar-refractivity contribution >= 4 is 17.2 Å². The van der Waals surface area contributed by atoms with E-state index in [1.54, 1.807) is 6.20 Å². The number of ether oxygens (including phenoxy) is 1. The number of aliphatic hydroxyl groups excluding tert-OH is 1. The molecule has 2 heterocycles. The van der Waals surface area contributed by atoms with Crippen molar-refractivity contribution in [3.63, 3.8) is 0 Å². The molecule has 1 aliphatic rings. The van der Waals surface area contributed by atoms with Crippen molar-refractivity contribution in [1.29, 1.82) is 0 Å². The number of aliphatic hydroxyl groups is 1. The molecule has 1 aromatic carbocycles. The Morgan fingerprint density at radius 3 is 2.80 bits per heavy atom. The topological polar surface area (TPSA) is 54.7 Å². The number of carbonyl (C=O) groups is 1. The predicted octanol–water partition coefficient (Wildman–Crippen LogP) is 1.10. The van der Waals surface area contributed by atoms with Crippen molar-refractivity contribution in [1.82, 2.24) is 9.47 Å². The molecule has 1 N–H and O–H groups in total. The summed E-state index contributed by atoms with van der Waals surface area (Å²) in [5.41, 5.74) is 1.64. The Morgan fingerprint density at radius 2 is 2.05 bits per heavy atom. The van der Waals surface area contributed by atoms with Crippen LogP contribution in [-0.4, -0.2) is 53.4 Å². The molecule has 1 fully saturated rings. The lowest BCUT2D eigenvalue weighted by atomic mass is 10.2. The van der Waals surface area contributed by atoms with Gasteiger partial charge in [0, 0.05) is 35.8 Å². The minimum atomic E-state index is -0.561. The van der Waals surface area contributed by atoms with Crippen LogP contribution in [0.4, 0.5) is 0 Å². The van der Waals surface area contributed by atoms with Crippen LogP contribution in [0.1, 0.15) is 10.4 Å². The fourth-order valence-corrected chi connectivity index (χ4v) is 2.69. The molecule has 0 radical (unpaired) electrons. The zero-order valence-electron chi connectivity index (χ0n) is 11.2. The van der Waals surface area contributed by atoms with Gasteiger partial charge in [-0.05, 0) is 6.07 Å². The molecule has 1 aliphatic heterocycles. The van der Waals surface area contributed by atoms with Gasteiger partial charge < -0.3 is 14.4 Å². The molecule has 0 bridgehead atoms. The quantitative estimate of drug-likeness (QED) is 0.848. The van der Waals surface area contributed by atoms with E-state index in [0.717, 1.165) is 30.3 Å². The Morgan fingerprint density at radius 1 is 1.30 bits per heavy atom. The molecule has 2 aromatic rings. The number of hydrogen-bond donors (Lipinski definition) is 1. The first-order valence-electron chi connectivity index (χ1n) is 6.82. The normalized spacial score (nSPS) is 18.2. The number of aromatic nitrogens is 1. The third kappa shape index (κ3) is 2.47. The molecule has 1 saturated heterocycles. The van der Waals surface area contributed by atoms with E-state index < -0.39 is 6.23 Å². The average Bonchev–Trinajstić information content (AvgIpc) is 2.86. The van der Waals surface area contributed by atoms with Crippen LogP contribution in [-0.2, 0) is 11.3 Å². The molecule has 1 aromatic heterocycles. The number of hydrogen-bond acceptors (Lipinski definition) is 4. The number of rotatable bonds is 4. The van der Waals surface area contributed by atoms with E-state index in [-0.39, 0.29) is 0 Å². The smallest absolute Gasteiger partial charge is 0.152 e. The number of carbonyl (C=O) groups excluding carboxylic acids is 1. The van der Waals surface area contributed by atoms with Crippen LogP contribution >= 0.6 is 0 Å². The third-order valence-electron chi connectivity index (χ3n) is 3.77. The van der Waals surface area contributed by atoms with Crippen molar-refractivity contribution in [2.24, 2.45) is 0 Å². The second kappa shape index (κ2) is 5.75. The molecule has 20 heavy (non-hydrogen) atoms. The largest absolute Gasteiger partial charge is 0.379 e. The van der Waals surface area contributed by atoms with Gasteiger partial charge in [-0.15, -0.1) is 0 Å². The van der Waals surface area contributed by atoms with E-state index in [1.165, 1.54) is 0 Å². The van der Waals surface area contributed by atoms with Crippen molar-refractivity contribution in [2.45, 2.75) is 12.8 Å². The van der Waals surface area contributed by atoms with Gasteiger partial charge in [-0.2, -0.15) is 0 Å². The summed E-state index contributed by atoms with van der Waals surface area (Å²) in [5.74, 6) is 0. The van der Waals surface area contributed by atoms with Gasteiger partial charge in [0.2, 0.25) is 0 Å². The summed E-state index contributed by atoms with van der Waals surface area (Å²) in [6, 6.07) is 7.75. The first-order valence-corrected chi connectivity index (χ1v) is 6.82. The number of benzene rings is 1. The number of nitrogens with zero attached hydrogens (tertiary/aromatic N) is 2. The molecule has 0 aliphatic carbocycles. The molecule has 1 atom stereocenters. The van der Waals surface area contributed by atoms with Gasteiger partial charge in [0.05, 0.1) is 19.8 Å². The van der Waals surface area contributed by atoms with Crippen molar-refractivity contribution < 1.29 is 14.6 Å². The summed E-state index contributed by atoms with van der Waals surface area (Å²) in [7, 11) is 0. The predicted molar refractivity (Wildman–Crippen MR) is 75.7 cm³/mol. The van der Waals surface area contributed by atoms with E-state index >= 15 is 0 Å². The maximum atomic E-state index is 11.1. The Hall–Kier alpha value is -1.69. The Bertz CT molecular complexity index is 602. The Labute approximate surface area is 117 Å². The zero-order chi connectivity index (χ0) is 13.9. The van der Waals surface area contributed by atoms with Crippen molar-refractivity contribution in [3.8, 4) is 0 Å². The molecule has 0 saturated carbocycles. The van der Waals surface area contributed by atoms with Gasteiger partial charge in [-0.3, -0.25) is 9.69 Å². The van der Waals surface area contributed by atoms with E-state index in [4.69, 9.17) is 4.74 Å². The Kier molecular flexibility index (Phi) is 3.82. The lowest BCUT2D eigenvalue weighted by Crippen LogP contribution is -2.45. The van der Waals surface area contributed by atoms with Crippen LogP contribution in [0.2, 0.25) is 0 Å². The van der Waals surface area contributed by atoms with E-state index in [0.29, 0.717) is 25.3 Å². The van der Waals surface area contributed by atoms with Gasteiger partial charge in [0.15, 0.2) is 6.29 Å². The summed E-state index contributed by atoms with van der Waals surface area (Å²) >= 11 is 0. The number of morpholine rings is 1. The molecule has 0 amide bonds. The summed E-state index contributed by atoms with van der Waals surface area (Å²) < 4.78 is 7.23. The van der Waals surface area contributed by atoms with Gasteiger partial charge in [0.1, 0.15) is 6.23 Å². The van der Waals surface area contributed by atoms with E-state index in [1.807, 2.05) is 33.7 Å². The zero-order valence-corrected chi connectivity index (χ0v) is 11.2. The van der Waals surface area contributed by atoms with Crippen molar-refractivity contribution in [3.05, 3.63) is 36.0 Å². The van der Waals surface area contributed by atoms with Gasteiger partial charge in [0.25, 0.3) is 0 Å². The molecule has 5 heteroatoms. The molecule has 5 nitrogen and oxygen atoms in total. The monoisotopic (exact) mass is 274 g/mol. The van der Waals surface area contributed by atoms with E-state index in [9.17, 15) is 9.90 Å². The summed E-state index contributed by atoms with van der Waals surface area (Å²) in [6.07, 6.45) is 2.11. The van der Waals surface area contributed by atoms with Crippen molar-refractivity contribution in [2.75, 3.05) is 26.3 Å². The van der Waals surface area contributed by atoms with Gasteiger partial charge in [-0.1, -0.05) is 18.2 Å². The maximum absolute atomic E-state index is 11.1. The summed E-state index contributed by atoms with van der Waals surface area (Å²) in [4.78, 5) is 13.1. The highest BCUT2D eigenvalue weighted by atomic mass is 16.5. The molecule has 106 valence electrons. The maximum Gasteiger partial charge on any atom is 0.152 e. The minimum absolute atomic E-state index is 0.453. The molecular weight excluding hydrogens is 256 g/mol. The first kappa shape index (κ1) is 13.3. The highest BCUT2D eigenvalue weighted by Gasteiger charge is 2.20. The summed E-state index contributed by atoms with van der Waals surface area (Å²) in [6.45, 7) is 3.24. The molecule has 1 unspecified atom stereocenters. The highest BCUT2D eigenvalue weighted by Crippen LogP contribution is 2.20. The minimum Gasteiger partial charge on any atom is -0.379 e. The lowest BCUT2D eigenvalue weighted by molar-refractivity contribution is -0.0646. The average molecular weight is 274 g/mol. The third-order valence-corrected chi connectivity index (χ3v) is 3.77. The molecule has 0 spiro atoms. The fourth-order valence-electron chi connectivity index (χ4n) is 2.69. The van der Waals surface area contributed by atoms with Crippen LogP contribution in [0.3, 0.4) is 0 Å². The number of aldehydes is 1. The fraction of sp³-hybridized carbons (Fsp3) is 0.400. The van der Waals surface area contributed by atoms with Crippen LogP contribution < -0.4 is 0 Å². The van der Waals surface area contributed by atoms with Crippen LogP contribution in [0, 0.1) is 0 Å². The van der Waals surface area contributed by atoms with E-state index in [2.05, 4.69) is 0 Å².